The molecule has 10 heavy (non-hydrogen) atoms. The molecule has 0 aliphatic carbocycles. The second kappa shape index (κ2) is 9.18. The van der Waals surface area contributed by atoms with E-state index in [2.05, 4.69) is 31.3 Å². The lowest BCUT2D eigenvalue weighted by atomic mass is 10.2. The van der Waals surface area contributed by atoms with Gasteiger partial charge in [-0.05, 0) is 30.4 Å². The molecule has 0 N–H and O–H groups in total. The van der Waals surface area contributed by atoms with Gasteiger partial charge < -0.3 is 0 Å². The minimum atomic E-state index is 0.996. The number of thiol groups is 2. The van der Waals surface area contributed by atoms with E-state index in [0.717, 1.165) is 12.2 Å². The number of unbranched alkanes of at least 4 members (excludes halogenated alkanes) is 2. The van der Waals surface area contributed by atoms with Gasteiger partial charge in [0.15, 0.2) is 0 Å². The van der Waals surface area contributed by atoms with E-state index in [1.165, 1.54) is 12.8 Å². The van der Waals surface area contributed by atoms with Crippen molar-refractivity contribution in [3.05, 3.63) is 23.6 Å². The van der Waals surface area contributed by atoms with E-state index in [0.29, 0.717) is 0 Å². The van der Waals surface area contributed by atoms with Crippen molar-refractivity contribution in [1.82, 2.24) is 0 Å². The standard InChI is InChI=1S/C8H14S2/c9-7-5-3-1-2-4-6-8-10/h1,3,5,7,9-10H,2,4,6,8H2/b3-1+,7-5+. The van der Waals surface area contributed by atoms with E-state index in [4.69, 9.17) is 0 Å². The van der Waals surface area contributed by atoms with E-state index < -0.39 is 0 Å². The second-order valence-electron chi connectivity index (χ2n) is 1.99. The van der Waals surface area contributed by atoms with Gasteiger partial charge in [0.2, 0.25) is 0 Å². The predicted octanol–water partition coefficient (Wildman–Crippen LogP) is 3.09. The fraction of sp³-hybridized carbons (Fsp3) is 0.500. The average molecular weight is 174 g/mol. The van der Waals surface area contributed by atoms with Gasteiger partial charge in [-0.25, -0.2) is 0 Å². The van der Waals surface area contributed by atoms with Gasteiger partial charge in [-0.2, -0.15) is 25.3 Å². The van der Waals surface area contributed by atoms with Crippen molar-refractivity contribution in [2.75, 3.05) is 5.75 Å². The third-order valence-corrected chi connectivity index (χ3v) is 1.60. The first-order valence-corrected chi connectivity index (χ1v) is 4.63. The van der Waals surface area contributed by atoms with E-state index in [1.807, 2.05) is 12.2 Å². The fourth-order valence-corrected chi connectivity index (χ4v) is 0.921. The zero-order chi connectivity index (χ0) is 7.66. The molecule has 0 amide bonds. The molecule has 0 radical (unpaired) electrons. The lowest BCUT2D eigenvalue weighted by Crippen LogP contribution is -1.73. The normalized spacial score (nSPS) is 11.8. The van der Waals surface area contributed by atoms with E-state index in [9.17, 15) is 0 Å². The molecule has 0 aromatic rings. The van der Waals surface area contributed by atoms with Crippen LogP contribution in [0.4, 0.5) is 0 Å². The van der Waals surface area contributed by atoms with Gasteiger partial charge in [-0.15, -0.1) is 0 Å². The first-order valence-electron chi connectivity index (χ1n) is 3.48. The molecule has 0 aliphatic heterocycles. The Morgan fingerprint density at radius 1 is 1.10 bits per heavy atom. The monoisotopic (exact) mass is 174 g/mol. The molecule has 0 atom stereocenters. The molecule has 0 spiro atoms. The Bertz CT molecular complexity index is 106. The second-order valence-corrected chi connectivity index (χ2v) is 2.73. The van der Waals surface area contributed by atoms with Gasteiger partial charge in [-0.1, -0.05) is 18.2 Å². The summed E-state index contributed by atoms with van der Waals surface area (Å²) in [6, 6.07) is 0. The number of allylic oxidation sites excluding steroid dienone is 3. The van der Waals surface area contributed by atoms with E-state index in [-0.39, 0.29) is 0 Å². The Labute approximate surface area is 74.2 Å². The van der Waals surface area contributed by atoms with Crippen LogP contribution in [0.15, 0.2) is 23.6 Å². The summed E-state index contributed by atoms with van der Waals surface area (Å²) in [6.07, 6.45) is 9.68. The van der Waals surface area contributed by atoms with Gasteiger partial charge in [0, 0.05) is 0 Å². The van der Waals surface area contributed by atoms with Gasteiger partial charge in [0.25, 0.3) is 0 Å². The summed E-state index contributed by atoms with van der Waals surface area (Å²) in [7, 11) is 0. The van der Waals surface area contributed by atoms with Crippen molar-refractivity contribution in [2.45, 2.75) is 19.3 Å². The summed E-state index contributed by atoms with van der Waals surface area (Å²) in [5.74, 6) is 0.996. The molecule has 2 heteroatoms. The Kier molecular flexibility index (Phi) is 9.35. The maximum atomic E-state index is 4.11. The molecule has 0 rings (SSSR count). The summed E-state index contributed by atoms with van der Waals surface area (Å²) >= 11 is 8.03. The summed E-state index contributed by atoms with van der Waals surface area (Å²) in [6.45, 7) is 0. The summed E-state index contributed by atoms with van der Waals surface area (Å²) in [5.41, 5.74) is 0. The molecule has 58 valence electrons. The fourth-order valence-electron chi connectivity index (χ4n) is 0.598. The average Bonchev–Trinajstić information content (AvgIpc) is 1.97. The van der Waals surface area contributed by atoms with Crippen LogP contribution >= 0.6 is 25.3 Å². The van der Waals surface area contributed by atoms with Crippen LogP contribution in [0, 0.1) is 0 Å². The summed E-state index contributed by atoms with van der Waals surface area (Å²) in [4.78, 5) is 0. The first kappa shape index (κ1) is 10.2. The third kappa shape index (κ3) is 8.18. The van der Waals surface area contributed by atoms with Crippen LogP contribution in [0.5, 0.6) is 0 Å². The molecule has 0 aromatic carbocycles. The molecule has 0 aromatic heterocycles. The minimum Gasteiger partial charge on any atom is -0.179 e. The van der Waals surface area contributed by atoms with Crippen LogP contribution in [-0.2, 0) is 0 Å². The Hall–Kier alpha value is 0.180. The van der Waals surface area contributed by atoms with Crippen LogP contribution in [0.1, 0.15) is 19.3 Å². The van der Waals surface area contributed by atoms with Crippen LogP contribution in [0.2, 0.25) is 0 Å². The molecule has 0 saturated carbocycles. The van der Waals surface area contributed by atoms with Gasteiger partial charge in [-0.3, -0.25) is 0 Å². The van der Waals surface area contributed by atoms with Gasteiger partial charge >= 0.3 is 0 Å². The van der Waals surface area contributed by atoms with Crippen molar-refractivity contribution < 1.29 is 0 Å². The largest absolute Gasteiger partial charge is 0.179 e. The molecule has 0 saturated heterocycles. The van der Waals surface area contributed by atoms with Crippen molar-refractivity contribution >= 4 is 25.3 Å². The number of hydrogen-bond acceptors (Lipinski definition) is 2. The zero-order valence-electron chi connectivity index (χ0n) is 6.03. The highest BCUT2D eigenvalue weighted by atomic mass is 32.1. The van der Waals surface area contributed by atoms with Gasteiger partial charge in [0.05, 0.1) is 0 Å². The summed E-state index contributed by atoms with van der Waals surface area (Å²) in [5, 5.41) is 1.73. The molecular formula is C8H14S2. The minimum absolute atomic E-state index is 0.996. The van der Waals surface area contributed by atoms with Crippen LogP contribution in [-0.4, -0.2) is 5.75 Å². The quantitative estimate of drug-likeness (QED) is 0.357. The molecule has 0 unspecified atom stereocenters. The van der Waals surface area contributed by atoms with Crippen molar-refractivity contribution in [2.24, 2.45) is 0 Å². The smallest absolute Gasteiger partial charge is 0.00978 e. The molecular weight excluding hydrogens is 160 g/mol. The molecule has 0 bridgehead atoms. The Morgan fingerprint density at radius 2 is 1.90 bits per heavy atom. The van der Waals surface area contributed by atoms with E-state index in [1.54, 1.807) is 5.41 Å². The number of rotatable bonds is 5. The van der Waals surface area contributed by atoms with Crippen LogP contribution in [0.3, 0.4) is 0 Å². The predicted molar refractivity (Wildman–Crippen MR) is 55.0 cm³/mol. The zero-order valence-corrected chi connectivity index (χ0v) is 7.82. The molecule has 0 fully saturated rings. The third-order valence-electron chi connectivity index (χ3n) is 1.11. The first-order chi connectivity index (χ1) is 4.91. The molecule has 0 heterocycles. The Balaban J connectivity index is 3.02. The van der Waals surface area contributed by atoms with Gasteiger partial charge in [0.1, 0.15) is 0 Å². The highest BCUT2D eigenvalue weighted by molar-refractivity contribution is 7.83. The highest BCUT2D eigenvalue weighted by Crippen LogP contribution is 1.97. The van der Waals surface area contributed by atoms with Crippen molar-refractivity contribution in [3.8, 4) is 0 Å². The van der Waals surface area contributed by atoms with Crippen LogP contribution < -0.4 is 0 Å². The van der Waals surface area contributed by atoms with E-state index >= 15 is 0 Å². The molecule has 0 nitrogen and oxygen atoms in total. The van der Waals surface area contributed by atoms with Crippen molar-refractivity contribution in [3.63, 3.8) is 0 Å². The topological polar surface area (TPSA) is 0 Å². The summed E-state index contributed by atoms with van der Waals surface area (Å²) < 4.78 is 0. The highest BCUT2D eigenvalue weighted by Gasteiger charge is 1.79. The van der Waals surface area contributed by atoms with Crippen molar-refractivity contribution in [1.29, 1.82) is 0 Å². The maximum Gasteiger partial charge on any atom is -0.00978 e. The maximum absolute atomic E-state index is 4.11. The van der Waals surface area contributed by atoms with Crippen LogP contribution in [0.25, 0.3) is 0 Å². The molecule has 0 aliphatic rings. The Morgan fingerprint density at radius 3 is 2.50 bits per heavy atom. The SMILES string of the molecule is S/C=C/C=C/CCCCS. The lowest BCUT2D eigenvalue weighted by Gasteiger charge is -1.88. The lowest BCUT2D eigenvalue weighted by molar-refractivity contribution is 0.825. The number of hydrogen-bond donors (Lipinski definition) is 2.